The highest BCUT2D eigenvalue weighted by Crippen LogP contribution is 2.27. The lowest BCUT2D eigenvalue weighted by Crippen LogP contribution is -2.47. The molecule has 2 aromatic rings. The molecule has 0 aliphatic carbocycles. The van der Waals surface area contributed by atoms with Crippen molar-refractivity contribution in [1.29, 1.82) is 0 Å². The second-order valence-corrected chi connectivity index (χ2v) is 5.39. The van der Waals surface area contributed by atoms with Crippen LogP contribution in [0, 0.1) is 6.92 Å². The van der Waals surface area contributed by atoms with Crippen molar-refractivity contribution in [2.45, 2.75) is 26.3 Å². The van der Waals surface area contributed by atoms with Gasteiger partial charge >= 0.3 is 0 Å². The van der Waals surface area contributed by atoms with Gasteiger partial charge in [0.2, 0.25) is 0 Å². The van der Waals surface area contributed by atoms with E-state index in [1.54, 1.807) is 7.05 Å². The van der Waals surface area contributed by atoms with E-state index < -0.39 is 5.54 Å². The smallest absolute Gasteiger partial charge is 0.290 e. The summed E-state index contributed by atoms with van der Waals surface area (Å²) in [6, 6.07) is 7.57. The predicted octanol–water partition coefficient (Wildman–Crippen LogP) is 2.58. The lowest BCUT2D eigenvalue weighted by Gasteiger charge is -2.33. The number of aliphatic hydroxyl groups excluding tert-OH is 1. The SMILES string of the molecule is Cc1c(C(=O)N(C)C(C)(C)CO)oc2ccccc12. The molecule has 1 aromatic carbocycles. The van der Waals surface area contributed by atoms with Crippen LogP contribution in [0.4, 0.5) is 0 Å². The average Bonchev–Trinajstić information content (AvgIpc) is 2.75. The van der Waals surface area contributed by atoms with Gasteiger partial charge in [0, 0.05) is 18.0 Å². The van der Waals surface area contributed by atoms with E-state index in [-0.39, 0.29) is 12.5 Å². The van der Waals surface area contributed by atoms with Gasteiger partial charge in [-0.3, -0.25) is 4.79 Å². The van der Waals surface area contributed by atoms with Gasteiger partial charge < -0.3 is 14.4 Å². The Morgan fingerprint density at radius 3 is 2.58 bits per heavy atom. The Kier molecular flexibility index (Phi) is 3.37. The molecule has 1 aromatic heterocycles. The molecule has 0 aliphatic rings. The lowest BCUT2D eigenvalue weighted by molar-refractivity contribution is 0.0445. The minimum atomic E-state index is -0.623. The standard InChI is InChI=1S/C15H19NO3/c1-10-11-7-5-6-8-12(11)19-13(10)14(18)16(4)15(2,3)9-17/h5-8,17H,9H2,1-4H3. The van der Waals surface area contributed by atoms with Gasteiger partial charge in [-0.1, -0.05) is 18.2 Å². The highest BCUT2D eigenvalue weighted by atomic mass is 16.3. The van der Waals surface area contributed by atoms with E-state index in [0.29, 0.717) is 11.3 Å². The normalized spacial score (nSPS) is 11.8. The van der Waals surface area contributed by atoms with Crippen LogP contribution in [0.1, 0.15) is 30.0 Å². The number of fused-ring (bicyclic) bond motifs is 1. The number of hydrogen-bond donors (Lipinski definition) is 1. The summed E-state index contributed by atoms with van der Waals surface area (Å²) < 4.78 is 5.65. The monoisotopic (exact) mass is 261 g/mol. The van der Waals surface area contributed by atoms with E-state index in [1.807, 2.05) is 45.0 Å². The first-order chi connectivity index (χ1) is 8.88. The Labute approximate surface area is 112 Å². The summed E-state index contributed by atoms with van der Waals surface area (Å²) in [5.41, 5.74) is 0.919. The molecule has 0 unspecified atom stereocenters. The number of benzene rings is 1. The molecule has 1 heterocycles. The summed E-state index contributed by atoms with van der Waals surface area (Å²) >= 11 is 0. The average molecular weight is 261 g/mol. The number of amides is 1. The quantitative estimate of drug-likeness (QED) is 0.924. The first kappa shape index (κ1) is 13.6. The lowest BCUT2D eigenvalue weighted by atomic mass is 10.0. The summed E-state index contributed by atoms with van der Waals surface area (Å²) in [6.07, 6.45) is 0. The molecule has 1 N–H and O–H groups in total. The maximum absolute atomic E-state index is 12.5. The van der Waals surface area contributed by atoms with Gasteiger partial charge in [0.05, 0.1) is 12.1 Å². The minimum Gasteiger partial charge on any atom is -0.451 e. The van der Waals surface area contributed by atoms with Crippen LogP contribution in [-0.4, -0.2) is 35.1 Å². The van der Waals surface area contributed by atoms with Gasteiger partial charge in [-0.2, -0.15) is 0 Å². The van der Waals surface area contributed by atoms with E-state index in [2.05, 4.69) is 0 Å². The van der Waals surface area contributed by atoms with Crippen LogP contribution in [0.15, 0.2) is 28.7 Å². The van der Waals surface area contributed by atoms with Crippen molar-refractivity contribution >= 4 is 16.9 Å². The molecule has 0 atom stereocenters. The second kappa shape index (κ2) is 4.70. The summed E-state index contributed by atoms with van der Waals surface area (Å²) in [7, 11) is 1.67. The zero-order valence-electron chi connectivity index (χ0n) is 11.7. The summed E-state index contributed by atoms with van der Waals surface area (Å²) in [6.45, 7) is 5.39. The number of nitrogens with zero attached hydrogens (tertiary/aromatic N) is 1. The van der Waals surface area contributed by atoms with Gasteiger partial charge in [0.15, 0.2) is 5.76 Å². The van der Waals surface area contributed by atoms with Crippen LogP contribution >= 0.6 is 0 Å². The fourth-order valence-electron chi connectivity index (χ4n) is 1.91. The Morgan fingerprint density at radius 2 is 2.00 bits per heavy atom. The molecule has 102 valence electrons. The van der Waals surface area contributed by atoms with Crippen molar-refractivity contribution in [3.63, 3.8) is 0 Å². The molecule has 0 aliphatic heterocycles. The van der Waals surface area contributed by atoms with Crippen LogP contribution in [-0.2, 0) is 0 Å². The number of para-hydroxylation sites is 1. The maximum Gasteiger partial charge on any atom is 0.290 e. The summed E-state index contributed by atoms with van der Waals surface area (Å²) in [5, 5.41) is 10.3. The first-order valence-corrected chi connectivity index (χ1v) is 6.25. The highest BCUT2D eigenvalue weighted by Gasteiger charge is 2.30. The Bertz CT molecular complexity index is 613. The maximum atomic E-state index is 12.5. The highest BCUT2D eigenvalue weighted by molar-refractivity contribution is 5.99. The van der Waals surface area contributed by atoms with Gasteiger partial charge in [0.1, 0.15) is 5.58 Å². The predicted molar refractivity (Wildman–Crippen MR) is 74.2 cm³/mol. The molecule has 0 bridgehead atoms. The van der Waals surface area contributed by atoms with E-state index in [0.717, 1.165) is 10.9 Å². The fourth-order valence-corrected chi connectivity index (χ4v) is 1.91. The number of hydrogen-bond acceptors (Lipinski definition) is 3. The van der Waals surface area contributed by atoms with Gasteiger partial charge in [0.25, 0.3) is 5.91 Å². The molecule has 4 heteroatoms. The number of aliphatic hydroxyl groups is 1. The summed E-state index contributed by atoms with van der Waals surface area (Å²) in [4.78, 5) is 14.0. The zero-order valence-corrected chi connectivity index (χ0v) is 11.7. The fraction of sp³-hybridized carbons (Fsp3) is 0.400. The third-order valence-corrected chi connectivity index (χ3v) is 3.64. The second-order valence-electron chi connectivity index (χ2n) is 5.39. The van der Waals surface area contributed by atoms with Crippen LogP contribution in [0.2, 0.25) is 0 Å². The number of aryl methyl sites for hydroxylation is 1. The molecule has 19 heavy (non-hydrogen) atoms. The molecule has 0 saturated heterocycles. The third kappa shape index (κ3) is 2.24. The van der Waals surface area contributed by atoms with Crippen LogP contribution in [0.5, 0.6) is 0 Å². The topological polar surface area (TPSA) is 53.7 Å². The zero-order chi connectivity index (χ0) is 14.2. The minimum absolute atomic E-state index is 0.103. The molecule has 4 nitrogen and oxygen atoms in total. The number of furan rings is 1. The number of rotatable bonds is 3. The van der Waals surface area contributed by atoms with Gasteiger partial charge in [-0.25, -0.2) is 0 Å². The third-order valence-electron chi connectivity index (χ3n) is 3.64. The van der Waals surface area contributed by atoms with Crippen LogP contribution in [0.25, 0.3) is 11.0 Å². The Morgan fingerprint density at radius 1 is 1.37 bits per heavy atom. The first-order valence-electron chi connectivity index (χ1n) is 6.25. The van der Waals surface area contributed by atoms with Crippen LogP contribution in [0.3, 0.4) is 0 Å². The largest absolute Gasteiger partial charge is 0.451 e. The van der Waals surface area contributed by atoms with Gasteiger partial charge in [-0.15, -0.1) is 0 Å². The van der Waals surface area contributed by atoms with Gasteiger partial charge in [-0.05, 0) is 26.8 Å². The number of carbonyl (C=O) groups is 1. The van der Waals surface area contributed by atoms with E-state index >= 15 is 0 Å². The molecular formula is C15H19NO3. The number of likely N-dealkylation sites (N-methyl/N-ethyl adjacent to an activating group) is 1. The van der Waals surface area contributed by atoms with Crippen LogP contribution < -0.4 is 0 Å². The van der Waals surface area contributed by atoms with Crippen molar-refractivity contribution in [1.82, 2.24) is 4.90 Å². The van der Waals surface area contributed by atoms with E-state index in [1.165, 1.54) is 4.90 Å². The Balaban J connectivity index is 2.45. The molecule has 0 fully saturated rings. The van der Waals surface area contributed by atoms with Crippen molar-refractivity contribution in [2.24, 2.45) is 0 Å². The molecule has 0 spiro atoms. The van der Waals surface area contributed by atoms with Crippen molar-refractivity contribution in [3.05, 3.63) is 35.6 Å². The van der Waals surface area contributed by atoms with E-state index in [4.69, 9.17) is 4.42 Å². The Hall–Kier alpha value is -1.81. The molecule has 2 rings (SSSR count). The van der Waals surface area contributed by atoms with E-state index in [9.17, 15) is 9.90 Å². The molecule has 0 saturated carbocycles. The number of carbonyl (C=O) groups excluding carboxylic acids is 1. The molecule has 0 radical (unpaired) electrons. The van der Waals surface area contributed by atoms with Crippen molar-refractivity contribution in [2.75, 3.05) is 13.7 Å². The van der Waals surface area contributed by atoms with Crippen molar-refractivity contribution in [3.8, 4) is 0 Å². The molecule has 1 amide bonds. The molecular weight excluding hydrogens is 242 g/mol. The summed E-state index contributed by atoms with van der Waals surface area (Å²) in [5.74, 6) is 0.123. The van der Waals surface area contributed by atoms with Crippen molar-refractivity contribution < 1.29 is 14.3 Å².